The number of rotatable bonds is 4. The van der Waals surface area contributed by atoms with Crippen LogP contribution in [0.2, 0.25) is 0 Å². The number of aryl methyl sites for hydroxylation is 1. The van der Waals surface area contributed by atoms with Gasteiger partial charge in [0.15, 0.2) is 0 Å². The minimum Gasteiger partial charge on any atom is -0.496 e. The van der Waals surface area contributed by atoms with E-state index in [0.29, 0.717) is 0 Å². The summed E-state index contributed by atoms with van der Waals surface area (Å²) in [5, 5.41) is 6.65. The Bertz CT molecular complexity index is 373. The zero-order chi connectivity index (χ0) is 11.4. The third-order valence-electron chi connectivity index (χ3n) is 2.59. The van der Waals surface area contributed by atoms with E-state index in [1.165, 1.54) is 0 Å². The number of allylic oxidation sites excluding steroid dienone is 1. The molecule has 1 aromatic heterocycles. The Morgan fingerprint density at radius 1 is 1.62 bits per heavy atom. The van der Waals surface area contributed by atoms with Crippen molar-refractivity contribution in [2.75, 3.05) is 13.2 Å². The fraction of sp³-hybridized carbons (Fsp3) is 0.583. The van der Waals surface area contributed by atoms with Crippen molar-refractivity contribution in [2.24, 2.45) is 0 Å². The van der Waals surface area contributed by atoms with Crippen molar-refractivity contribution in [1.29, 1.82) is 0 Å². The Kier molecular flexibility index (Phi) is 3.96. The van der Waals surface area contributed by atoms with Crippen molar-refractivity contribution >= 4 is 11.3 Å². The van der Waals surface area contributed by atoms with Crippen LogP contribution in [0.1, 0.15) is 36.5 Å². The highest BCUT2D eigenvalue weighted by molar-refractivity contribution is 7.09. The van der Waals surface area contributed by atoms with Crippen LogP contribution in [0.5, 0.6) is 0 Å². The first-order chi connectivity index (χ1) is 7.81. The Hall–Kier alpha value is -0.870. The number of nitrogens with one attached hydrogen (secondary N) is 1. The summed E-state index contributed by atoms with van der Waals surface area (Å²) in [7, 11) is 0. The van der Waals surface area contributed by atoms with Gasteiger partial charge >= 0.3 is 0 Å². The molecule has 1 aromatic rings. The van der Waals surface area contributed by atoms with Gasteiger partial charge in [0.2, 0.25) is 0 Å². The molecule has 1 atom stereocenters. The zero-order valence-electron chi connectivity index (χ0n) is 9.82. The molecule has 1 aliphatic heterocycles. The first-order valence-electron chi connectivity index (χ1n) is 5.79. The van der Waals surface area contributed by atoms with Crippen molar-refractivity contribution in [3.05, 3.63) is 27.9 Å². The van der Waals surface area contributed by atoms with E-state index in [-0.39, 0.29) is 6.04 Å². The van der Waals surface area contributed by atoms with Crippen LogP contribution in [0.15, 0.2) is 17.2 Å². The van der Waals surface area contributed by atoms with Crippen LogP contribution in [0, 0.1) is 6.92 Å². The molecule has 16 heavy (non-hydrogen) atoms. The quantitative estimate of drug-likeness (QED) is 0.876. The number of nitrogens with zero attached hydrogens (tertiary/aromatic N) is 1. The second-order valence-electron chi connectivity index (χ2n) is 3.88. The molecule has 1 N–H and O–H groups in total. The van der Waals surface area contributed by atoms with Gasteiger partial charge in [-0.15, -0.1) is 11.3 Å². The van der Waals surface area contributed by atoms with Gasteiger partial charge in [-0.2, -0.15) is 0 Å². The van der Waals surface area contributed by atoms with Crippen molar-refractivity contribution in [3.8, 4) is 0 Å². The third-order valence-corrected chi connectivity index (χ3v) is 3.38. The molecule has 0 saturated carbocycles. The van der Waals surface area contributed by atoms with E-state index in [1.807, 2.05) is 6.92 Å². The molecule has 1 unspecified atom stereocenters. The lowest BCUT2D eigenvalue weighted by atomic mass is 10.1. The first-order valence-corrected chi connectivity index (χ1v) is 6.67. The maximum Gasteiger partial charge on any atom is 0.115 e. The summed E-state index contributed by atoms with van der Waals surface area (Å²) >= 11 is 1.69. The van der Waals surface area contributed by atoms with E-state index < -0.39 is 0 Å². The van der Waals surface area contributed by atoms with Crippen molar-refractivity contribution in [2.45, 2.75) is 32.7 Å². The highest BCUT2D eigenvalue weighted by Gasteiger charge is 2.21. The van der Waals surface area contributed by atoms with Crippen LogP contribution in [0.25, 0.3) is 0 Å². The average molecular weight is 238 g/mol. The molecule has 4 heteroatoms. The highest BCUT2D eigenvalue weighted by Crippen LogP contribution is 2.26. The summed E-state index contributed by atoms with van der Waals surface area (Å²) in [5.74, 6) is 1.04. The summed E-state index contributed by atoms with van der Waals surface area (Å²) in [6, 6.07) is 0.134. The van der Waals surface area contributed by atoms with Gasteiger partial charge in [-0.1, -0.05) is 6.92 Å². The first kappa shape index (κ1) is 11.6. The standard InChI is InChI=1S/C12H18N2OS/c1-3-13-12(10-8-16-9(2)14-10)11-6-4-5-7-15-11/h6,8,12-13H,3-5,7H2,1-2H3. The van der Waals surface area contributed by atoms with Gasteiger partial charge in [0, 0.05) is 5.38 Å². The molecule has 0 amide bonds. The molecule has 1 aliphatic rings. The van der Waals surface area contributed by atoms with E-state index >= 15 is 0 Å². The van der Waals surface area contributed by atoms with Crippen molar-refractivity contribution in [1.82, 2.24) is 10.3 Å². The smallest absolute Gasteiger partial charge is 0.115 e. The minimum atomic E-state index is 0.134. The van der Waals surface area contributed by atoms with E-state index in [4.69, 9.17) is 4.74 Å². The molecular weight excluding hydrogens is 220 g/mol. The van der Waals surface area contributed by atoms with Crippen LogP contribution in [-0.2, 0) is 4.74 Å². The Labute approximate surface area is 101 Å². The van der Waals surface area contributed by atoms with Crippen LogP contribution in [0.4, 0.5) is 0 Å². The summed E-state index contributed by atoms with van der Waals surface area (Å²) in [4.78, 5) is 4.54. The van der Waals surface area contributed by atoms with E-state index in [2.05, 4.69) is 28.7 Å². The Balaban J connectivity index is 2.19. The largest absolute Gasteiger partial charge is 0.496 e. The fourth-order valence-corrected chi connectivity index (χ4v) is 2.48. The monoisotopic (exact) mass is 238 g/mol. The summed E-state index contributed by atoms with van der Waals surface area (Å²) in [6.07, 6.45) is 4.42. The Morgan fingerprint density at radius 2 is 2.50 bits per heavy atom. The third kappa shape index (κ3) is 2.62. The molecule has 0 aliphatic carbocycles. The molecule has 0 fully saturated rings. The SMILES string of the molecule is CCNC(C1=CCCCO1)c1csc(C)n1. The summed E-state index contributed by atoms with van der Waals surface area (Å²) in [5.41, 5.74) is 1.08. The molecule has 0 aromatic carbocycles. The van der Waals surface area contributed by atoms with E-state index in [1.54, 1.807) is 11.3 Å². The predicted molar refractivity (Wildman–Crippen MR) is 66.5 cm³/mol. The predicted octanol–water partition coefficient (Wildman–Crippen LogP) is 2.80. The van der Waals surface area contributed by atoms with Gasteiger partial charge in [0.25, 0.3) is 0 Å². The van der Waals surface area contributed by atoms with Gasteiger partial charge in [-0.3, -0.25) is 0 Å². The number of ether oxygens (including phenoxy) is 1. The second-order valence-corrected chi connectivity index (χ2v) is 4.94. The molecule has 0 saturated heterocycles. The van der Waals surface area contributed by atoms with Crippen LogP contribution >= 0.6 is 11.3 Å². The maximum atomic E-state index is 5.72. The lowest BCUT2D eigenvalue weighted by Crippen LogP contribution is -2.25. The van der Waals surface area contributed by atoms with E-state index in [0.717, 1.165) is 42.5 Å². The zero-order valence-corrected chi connectivity index (χ0v) is 10.6. The highest BCUT2D eigenvalue weighted by atomic mass is 32.1. The molecule has 2 rings (SSSR count). The van der Waals surface area contributed by atoms with Crippen LogP contribution in [-0.4, -0.2) is 18.1 Å². The topological polar surface area (TPSA) is 34.1 Å². The van der Waals surface area contributed by atoms with Gasteiger partial charge in [0.05, 0.1) is 17.3 Å². The number of thiazole rings is 1. The van der Waals surface area contributed by atoms with Crippen LogP contribution < -0.4 is 5.32 Å². The molecule has 0 bridgehead atoms. The van der Waals surface area contributed by atoms with Gasteiger partial charge in [-0.25, -0.2) is 4.98 Å². The minimum absolute atomic E-state index is 0.134. The van der Waals surface area contributed by atoms with Gasteiger partial charge in [-0.05, 0) is 32.4 Å². The molecule has 0 radical (unpaired) electrons. The number of hydrogen-bond donors (Lipinski definition) is 1. The molecule has 88 valence electrons. The molecule has 0 spiro atoms. The number of likely N-dealkylation sites (N-methyl/N-ethyl adjacent to an activating group) is 1. The average Bonchev–Trinajstić information content (AvgIpc) is 2.74. The molecule has 2 heterocycles. The van der Waals surface area contributed by atoms with Crippen molar-refractivity contribution < 1.29 is 4.74 Å². The Morgan fingerprint density at radius 3 is 3.06 bits per heavy atom. The van der Waals surface area contributed by atoms with Gasteiger partial charge < -0.3 is 10.1 Å². The maximum absolute atomic E-state index is 5.72. The second kappa shape index (κ2) is 5.46. The summed E-state index contributed by atoms with van der Waals surface area (Å²) < 4.78 is 5.72. The van der Waals surface area contributed by atoms with E-state index in [9.17, 15) is 0 Å². The van der Waals surface area contributed by atoms with Gasteiger partial charge in [0.1, 0.15) is 11.8 Å². The summed E-state index contributed by atoms with van der Waals surface area (Å²) in [6.45, 7) is 5.89. The molecular formula is C12H18N2OS. The lowest BCUT2D eigenvalue weighted by molar-refractivity contribution is 0.167. The number of hydrogen-bond acceptors (Lipinski definition) is 4. The van der Waals surface area contributed by atoms with Crippen molar-refractivity contribution in [3.63, 3.8) is 0 Å². The number of aromatic nitrogens is 1. The fourth-order valence-electron chi connectivity index (χ4n) is 1.85. The molecule has 3 nitrogen and oxygen atoms in total. The normalized spacial score (nSPS) is 17.8. The lowest BCUT2D eigenvalue weighted by Gasteiger charge is -2.23. The van der Waals surface area contributed by atoms with Crippen LogP contribution in [0.3, 0.4) is 0 Å².